The first-order valence-corrected chi connectivity index (χ1v) is 8.99. The fourth-order valence-electron chi connectivity index (χ4n) is 2.97. The summed E-state index contributed by atoms with van der Waals surface area (Å²) in [6.07, 6.45) is 0. The summed E-state index contributed by atoms with van der Waals surface area (Å²) in [6, 6.07) is 26.8. The molecular formula is C23H19N3O2. The molecule has 4 rings (SSSR count). The van der Waals surface area contributed by atoms with Crippen molar-refractivity contribution in [3.8, 4) is 22.9 Å². The van der Waals surface area contributed by atoms with Crippen molar-refractivity contribution in [2.45, 2.75) is 6.54 Å². The third-order valence-electron chi connectivity index (χ3n) is 4.41. The second kappa shape index (κ2) is 7.88. The zero-order valence-corrected chi connectivity index (χ0v) is 15.4. The number of carbonyl (C=O) groups is 1. The van der Waals surface area contributed by atoms with Gasteiger partial charge in [-0.2, -0.15) is 0 Å². The Hall–Kier alpha value is -3.73. The lowest BCUT2D eigenvalue weighted by molar-refractivity contribution is 0.0785. The van der Waals surface area contributed by atoms with Crippen LogP contribution in [-0.2, 0) is 6.54 Å². The highest BCUT2D eigenvalue weighted by molar-refractivity contribution is 5.95. The van der Waals surface area contributed by atoms with Crippen molar-refractivity contribution in [1.29, 1.82) is 0 Å². The predicted octanol–water partition coefficient (Wildman–Crippen LogP) is 4.68. The average molecular weight is 369 g/mol. The van der Waals surface area contributed by atoms with Crippen LogP contribution in [-0.4, -0.2) is 28.1 Å². The van der Waals surface area contributed by atoms with E-state index in [4.69, 9.17) is 4.42 Å². The van der Waals surface area contributed by atoms with Crippen molar-refractivity contribution in [2.24, 2.45) is 0 Å². The summed E-state index contributed by atoms with van der Waals surface area (Å²) in [5.74, 6) is 0.779. The third-order valence-corrected chi connectivity index (χ3v) is 4.41. The van der Waals surface area contributed by atoms with E-state index in [-0.39, 0.29) is 5.91 Å². The molecule has 1 aromatic heterocycles. The van der Waals surface area contributed by atoms with Gasteiger partial charge in [0.25, 0.3) is 5.91 Å². The first kappa shape index (κ1) is 17.7. The molecule has 0 spiro atoms. The summed E-state index contributed by atoms with van der Waals surface area (Å²) in [5, 5.41) is 8.25. The van der Waals surface area contributed by atoms with Crippen LogP contribution in [0.15, 0.2) is 89.3 Å². The van der Waals surface area contributed by atoms with E-state index in [2.05, 4.69) is 10.2 Å². The molecule has 1 heterocycles. The van der Waals surface area contributed by atoms with Gasteiger partial charge < -0.3 is 9.32 Å². The van der Waals surface area contributed by atoms with Crippen molar-refractivity contribution in [1.82, 2.24) is 15.1 Å². The van der Waals surface area contributed by atoms with Crippen molar-refractivity contribution in [3.05, 3.63) is 96.1 Å². The van der Waals surface area contributed by atoms with Crippen LogP contribution in [0.1, 0.15) is 15.9 Å². The predicted molar refractivity (Wildman–Crippen MR) is 107 cm³/mol. The Balaban J connectivity index is 1.55. The monoisotopic (exact) mass is 369 g/mol. The van der Waals surface area contributed by atoms with Gasteiger partial charge in [-0.25, -0.2) is 0 Å². The topological polar surface area (TPSA) is 59.2 Å². The lowest BCUT2D eigenvalue weighted by atomic mass is 10.1. The van der Waals surface area contributed by atoms with Crippen LogP contribution in [0.2, 0.25) is 0 Å². The van der Waals surface area contributed by atoms with Gasteiger partial charge in [0.15, 0.2) is 0 Å². The maximum Gasteiger partial charge on any atom is 0.253 e. The fraction of sp³-hybridized carbons (Fsp3) is 0.0870. The second-order valence-electron chi connectivity index (χ2n) is 6.51. The van der Waals surface area contributed by atoms with Crippen LogP contribution in [0.3, 0.4) is 0 Å². The third kappa shape index (κ3) is 3.83. The smallest absolute Gasteiger partial charge is 0.253 e. The summed E-state index contributed by atoms with van der Waals surface area (Å²) < 4.78 is 5.80. The molecule has 0 aliphatic rings. The van der Waals surface area contributed by atoms with Crippen molar-refractivity contribution in [3.63, 3.8) is 0 Å². The Morgan fingerprint density at radius 3 is 2.14 bits per heavy atom. The standard InChI is InChI=1S/C23H19N3O2/c1-26(16-17-9-4-2-5-10-17)23(27)20-14-8-13-19(15-20)22-25-24-21(28-22)18-11-6-3-7-12-18/h2-15H,16H2,1H3. The van der Waals surface area contributed by atoms with Crippen molar-refractivity contribution < 1.29 is 9.21 Å². The van der Waals surface area contributed by atoms with E-state index in [1.54, 1.807) is 24.1 Å². The minimum Gasteiger partial charge on any atom is -0.416 e. The van der Waals surface area contributed by atoms with E-state index in [0.717, 1.165) is 11.1 Å². The van der Waals surface area contributed by atoms with E-state index >= 15 is 0 Å². The van der Waals surface area contributed by atoms with Gasteiger partial charge in [-0.05, 0) is 35.9 Å². The zero-order valence-electron chi connectivity index (χ0n) is 15.4. The molecular weight excluding hydrogens is 350 g/mol. The molecule has 4 aromatic rings. The maximum atomic E-state index is 12.8. The molecule has 28 heavy (non-hydrogen) atoms. The highest BCUT2D eigenvalue weighted by Crippen LogP contribution is 2.24. The molecule has 0 fully saturated rings. The van der Waals surface area contributed by atoms with Crippen LogP contribution in [0.5, 0.6) is 0 Å². The van der Waals surface area contributed by atoms with Gasteiger partial charge in [0.2, 0.25) is 11.8 Å². The summed E-state index contributed by atoms with van der Waals surface area (Å²) >= 11 is 0. The summed E-state index contributed by atoms with van der Waals surface area (Å²) in [5.41, 5.74) is 3.24. The molecule has 3 aromatic carbocycles. The Kier molecular flexibility index (Phi) is 4.97. The summed E-state index contributed by atoms with van der Waals surface area (Å²) in [4.78, 5) is 14.5. The normalized spacial score (nSPS) is 10.6. The van der Waals surface area contributed by atoms with Gasteiger partial charge in [0.05, 0.1) is 0 Å². The minimum atomic E-state index is -0.0616. The van der Waals surface area contributed by atoms with Crippen LogP contribution in [0.4, 0.5) is 0 Å². The van der Waals surface area contributed by atoms with E-state index in [9.17, 15) is 4.79 Å². The number of hydrogen-bond donors (Lipinski definition) is 0. The van der Waals surface area contributed by atoms with E-state index in [1.807, 2.05) is 72.8 Å². The molecule has 138 valence electrons. The van der Waals surface area contributed by atoms with Gasteiger partial charge in [0.1, 0.15) is 0 Å². The second-order valence-corrected chi connectivity index (χ2v) is 6.51. The Morgan fingerprint density at radius 1 is 0.821 bits per heavy atom. The lowest BCUT2D eigenvalue weighted by Gasteiger charge is -2.17. The lowest BCUT2D eigenvalue weighted by Crippen LogP contribution is -2.26. The number of amides is 1. The molecule has 0 radical (unpaired) electrons. The molecule has 0 bridgehead atoms. The zero-order chi connectivity index (χ0) is 19.3. The molecule has 0 N–H and O–H groups in total. The molecule has 0 saturated heterocycles. The SMILES string of the molecule is CN(Cc1ccccc1)C(=O)c1cccc(-c2nnc(-c3ccccc3)o2)c1. The number of aromatic nitrogens is 2. The molecule has 0 aliphatic heterocycles. The van der Waals surface area contributed by atoms with Gasteiger partial charge in [-0.1, -0.05) is 54.6 Å². The van der Waals surface area contributed by atoms with Gasteiger partial charge >= 0.3 is 0 Å². The molecule has 0 unspecified atom stereocenters. The largest absolute Gasteiger partial charge is 0.416 e. The first-order valence-electron chi connectivity index (χ1n) is 8.99. The van der Waals surface area contributed by atoms with Gasteiger partial charge in [-0.15, -0.1) is 10.2 Å². The van der Waals surface area contributed by atoms with Crippen molar-refractivity contribution in [2.75, 3.05) is 7.05 Å². The minimum absolute atomic E-state index is 0.0616. The fourth-order valence-corrected chi connectivity index (χ4v) is 2.97. The summed E-state index contributed by atoms with van der Waals surface area (Å²) in [6.45, 7) is 0.544. The molecule has 0 saturated carbocycles. The van der Waals surface area contributed by atoms with E-state index in [1.165, 1.54) is 0 Å². The van der Waals surface area contributed by atoms with Gasteiger partial charge in [-0.3, -0.25) is 4.79 Å². The van der Waals surface area contributed by atoms with Crippen LogP contribution in [0.25, 0.3) is 22.9 Å². The molecule has 0 aliphatic carbocycles. The van der Waals surface area contributed by atoms with Crippen LogP contribution >= 0.6 is 0 Å². The molecule has 1 amide bonds. The quantitative estimate of drug-likeness (QED) is 0.513. The maximum absolute atomic E-state index is 12.8. The van der Waals surface area contributed by atoms with Crippen molar-refractivity contribution >= 4 is 5.91 Å². The Bertz CT molecular complexity index is 1080. The first-order chi connectivity index (χ1) is 13.7. The highest BCUT2D eigenvalue weighted by Gasteiger charge is 2.15. The van der Waals surface area contributed by atoms with Gasteiger partial charge in [0, 0.05) is 30.3 Å². The van der Waals surface area contributed by atoms with Crippen LogP contribution < -0.4 is 0 Å². The molecule has 5 nitrogen and oxygen atoms in total. The Labute approximate surface area is 163 Å². The average Bonchev–Trinajstić information content (AvgIpc) is 3.25. The number of nitrogens with zero attached hydrogens (tertiary/aromatic N) is 3. The van der Waals surface area contributed by atoms with E-state index < -0.39 is 0 Å². The number of carbonyl (C=O) groups excluding carboxylic acids is 1. The number of benzene rings is 3. The Morgan fingerprint density at radius 2 is 1.43 bits per heavy atom. The number of rotatable bonds is 5. The number of hydrogen-bond acceptors (Lipinski definition) is 4. The summed E-state index contributed by atoms with van der Waals surface area (Å²) in [7, 11) is 1.79. The van der Waals surface area contributed by atoms with Crippen LogP contribution in [0, 0.1) is 0 Å². The molecule has 5 heteroatoms. The molecule has 0 atom stereocenters. The highest BCUT2D eigenvalue weighted by atomic mass is 16.4. The van der Waals surface area contributed by atoms with E-state index in [0.29, 0.717) is 29.5 Å².